The van der Waals surface area contributed by atoms with E-state index in [0.29, 0.717) is 0 Å². The Hall–Kier alpha value is -1.30. The number of nitrogens with zero attached hydrogens (tertiary/aromatic N) is 1. The lowest BCUT2D eigenvalue weighted by molar-refractivity contribution is -0.122. The summed E-state index contributed by atoms with van der Waals surface area (Å²) >= 11 is 0. The zero-order chi connectivity index (χ0) is 11.3. The van der Waals surface area contributed by atoms with Crippen LogP contribution in [0.15, 0.2) is 0 Å². The molecule has 0 aromatic rings. The van der Waals surface area contributed by atoms with Crippen LogP contribution in [-0.2, 0) is 9.53 Å². The number of hydrogen-bond donors (Lipinski definition) is 2. The van der Waals surface area contributed by atoms with Gasteiger partial charge >= 0.3 is 6.09 Å². The van der Waals surface area contributed by atoms with Crippen molar-refractivity contribution in [2.75, 3.05) is 20.4 Å². The summed E-state index contributed by atoms with van der Waals surface area (Å²) in [5, 5.41) is 11.3. The smallest absolute Gasteiger partial charge is 0.407 e. The Morgan fingerprint density at radius 1 is 1.53 bits per heavy atom. The number of carbonyl (C=O) groups is 2. The van der Waals surface area contributed by atoms with Gasteiger partial charge in [-0.05, 0) is 12.8 Å². The van der Waals surface area contributed by atoms with E-state index in [1.165, 1.54) is 12.0 Å². The van der Waals surface area contributed by atoms with Gasteiger partial charge in [0.2, 0.25) is 5.91 Å². The summed E-state index contributed by atoms with van der Waals surface area (Å²) in [6.45, 7) is 0.422. The SMILES string of the molecule is COCNC(=O)CCN(C(=O)O)C1CC1. The molecule has 86 valence electrons. The number of carbonyl (C=O) groups excluding carboxylic acids is 1. The van der Waals surface area contributed by atoms with Crippen molar-refractivity contribution in [1.82, 2.24) is 10.2 Å². The number of nitrogens with one attached hydrogen (secondary N) is 1. The molecule has 1 fully saturated rings. The quantitative estimate of drug-likeness (QED) is 0.623. The summed E-state index contributed by atoms with van der Waals surface area (Å²) in [6.07, 6.45) is 1.06. The third kappa shape index (κ3) is 4.16. The topological polar surface area (TPSA) is 78.9 Å². The van der Waals surface area contributed by atoms with E-state index in [4.69, 9.17) is 5.11 Å². The van der Waals surface area contributed by atoms with Crippen LogP contribution in [0.1, 0.15) is 19.3 Å². The zero-order valence-corrected chi connectivity index (χ0v) is 8.73. The Balaban J connectivity index is 2.21. The van der Waals surface area contributed by atoms with Crippen LogP contribution in [-0.4, -0.2) is 48.4 Å². The molecule has 2 amide bonds. The first-order valence-corrected chi connectivity index (χ1v) is 4.90. The van der Waals surface area contributed by atoms with Gasteiger partial charge in [-0.15, -0.1) is 0 Å². The Morgan fingerprint density at radius 3 is 2.67 bits per heavy atom. The highest BCUT2D eigenvalue weighted by atomic mass is 16.5. The second kappa shape index (κ2) is 5.55. The monoisotopic (exact) mass is 216 g/mol. The second-order valence-corrected chi connectivity index (χ2v) is 3.49. The number of hydrogen-bond acceptors (Lipinski definition) is 3. The van der Waals surface area contributed by atoms with Crippen LogP contribution in [0.2, 0.25) is 0 Å². The van der Waals surface area contributed by atoms with Gasteiger partial charge < -0.3 is 20.1 Å². The third-order valence-corrected chi connectivity index (χ3v) is 2.23. The van der Waals surface area contributed by atoms with Gasteiger partial charge in [0.15, 0.2) is 0 Å². The van der Waals surface area contributed by atoms with Crippen LogP contribution in [0.25, 0.3) is 0 Å². The normalized spacial score (nSPS) is 14.7. The van der Waals surface area contributed by atoms with Gasteiger partial charge in [0, 0.05) is 26.1 Å². The fraction of sp³-hybridized carbons (Fsp3) is 0.778. The summed E-state index contributed by atoms with van der Waals surface area (Å²) in [6, 6.07) is 0.123. The molecule has 1 rings (SSSR count). The molecule has 0 spiro atoms. The molecule has 0 aromatic heterocycles. The van der Waals surface area contributed by atoms with Gasteiger partial charge in [0.1, 0.15) is 6.73 Å². The van der Waals surface area contributed by atoms with E-state index in [-0.39, 0.29) is 31.6 Å². The lowest BCUT2D eigenvalue weighted by Crippen LogP contribution is -2.36. The lowest BCUT2D eigenvalue weighted by atomic mass is 10.3. The van der Waals surface area contributed by atoms with Crippen LogP contribution in [0.4, 0.5) is 4.79 Å². The van der Waals surface area contributed by atoms with Crippen LogP contribution in [0, 0.1) is 0 Å². The minimum atomic E-state index is -0.947. The minimum absolute atomic E-state index is 0.123. The molecule has 1 aliphatic carbocycles. The highest BCUT2D eigenvalue weighted by Gasteiger charge is 2.32. The van der Waals surface area contributed by atoms with Crippen molar-refractivity contribution in [2.45, 2.75) is 25.3 Å². The molecule has 2 N–H and O–H groups in total. The summed E-state index contributed by atoms with van der Waals surface area (Å²) < 4.78 is 4.66. The average molecular weight is 216 g/mol. The van der Waals surface area contributed by atoms with Crippen LogP contribution >= 0.6 is 0 Å². The molecule has 6 heteroatoms. The number of amides is 2. The Kier molecular flexibility index (Phi) is 4.36. The number of ether oxygens (including phenoxy) is 1. The molecule has 0 radical (unpaired) electrons. The largest absolute Gasteiger partial charge is 0.465 e. The molecule has 0 bridgehead atoms. The Bertz CT molecular complexity index is 240. The number of rotatable bonds is 6. The van der Waals surface area contributed by atoms with Gasteiger partial charge in [-0.2, -0.15) is 0 Å². The molecular weight excluding hydrogens is 200 g/mol. The first kappa shape index (κ1) is 11.8. The number of carboxylic acid groups (broad SMARTS) is 1. The van der Waals surface area contributed by atoms with Crippen LogP contribution in [0.5, 0.6) is 0 Å². The summed E-state index contributed by atoms with van der Waals surface area (Å²) in [5.41, 5.74) is 0. The van der Waals surface area contributed by atoms with Crippen molar-refractivity contribution in [2.24, 2.45) is 0 Å². The van der Waals surface area contributed by atoms with Crippen molar-refractivity contribution in [1.29, 1.82) is 0 Å². The fourth-order valence-electron chi connectivity index (χ4n) is 1.28. The van der Waals surface area contributed by atoms with Gasteiger partial charge in [-0.3, -0.25) is 4.79 Å². The molecule has 0 unspecified atom stereocenters. The zero-order valence-electron chi connectivity index (χ0n) is 8.73. The molecule has 0 aromatic carbocycles. The Labute approximate surface area is 88.2 Å². The molecule has 0 saturated heterocycles. The molecule has 6 nitrogen and oxygen atoms in total. The maximum absolute atomic E-state index is 11.2. The third-order valence-electron chi connectivity index (χ3n) is 2.23. The van der Waals surface area contributed by atoms with E-state index in [1.54, 1.807) is 0 Å². The van der Waals surface area contributed by atoms with Crippen molar-refractivity contribution in [3.8, 4) is 0 Å². The molecule has 0 heterocycles. The fourth-order valence-corrected chi connectivity index (χ4v) is 1.28. The van der Waals surface area contributed by atoms with E-state index in [2.05, 4.69) is 10.1 Å². The minimum Gasteiger partial charge on any atom is -0.465 e. The van der Waals surface area contributed by atoms with Crippen LogP contribution < -0.4 is 5.32 Å². The van der Waals surface area contributed by atoms with Crippen molar-refractivity contribution in [3.05, 3.63) is 0 Å². The molecule has 0 aliphatic heterocycles. The van der Waals surface area contributed by atoms with E-state index >= 15 is 0 Å². The summed E-state index contributed by atoms with van der Waals surface area (Å²) in [7, 11) is 1.48. The molecule has 0 atom stereocenters. The standard InChI is InChI=1S/C9H16N2O4/c1-15-6-10-8(12)4-5-11(9(13)14)7-2-3-7/h7H,2-6H2,1H3,(H,10,12)(H,13,14). The molecule has 15 heavy (non-hydrogen) atoms. The van der Waals surface area contributed by atoms with E-state index < -0.39 is 6.09 Å². The highest BCUT2D eigenvalue weighted by molar-refractivity contribution is 5.76. The number of methoxy groups -OCH3 is 1. The van der Waals surface area contributed by atoms with Crippen LogP contribution in [0.3, 0.4) is 0 Å². The van der Waals surface area contributed by atoms with E-state index in [1.807, 2.05) is 0 Å². The Morgan fingerprint density at radius 2 is 2.20 bits per heavy atom. The van der Waals surface area contributed by atoms with Crippen molar-refractivity contribution < 1.29 is 19.4 Å². The maximum Gasteiger partial charge on any atom is 0.407 e. The van der Waals surface area contributed by atoms with E-state index in [9.17, 15) is 9.59 Å². The average Bonchev–Trinajstić information content (AvgIpc) is 2.98. The first-order chi connectivity index (χ1) is 7.15. The lowest BCUT2D eigenvalue weighted by Gasteiger charge is -2.17. The van der Waals surface area contributed by atoms with E-state index in [0.717, 1.165) is 12.8 Å². The highest BCUT2D eigenvalue weighted by Crippen LogP contribution is 2.26. The van der Waals surface area contributed by atoms with Crippen molar-refractivity contribution in [3.63, 3.8) is 0 Å². The molecular formula is C9H16N2O4. The first-order valence-electron chi connectivity index (χ1n) is 4.90. The second-order valence-electron chi connectivity index (χ2n) is 3.49. The maximum atomic E-state index is 11.2. The molecule has 1 aliphatic rings. The van der Waals surface area contributed by atoms with Gasteiger partial charge in [-0.1, -0.05) is 0 Å². The summed E-state index contributed by atoms with van der Waals surface area (Å²) in [4.78, 5) is 23.3. The summed E-state index contributed by atoms with van der Waals surface area (Å²) in [5.74, 6) is -0.191. The van der Waals surface area contributed by atoms with Gasteiger partial charge in [-0.25, -0.2) is 4.79 Å². The van der Waals surface area contributed by atoms with Gasteiger partial charge in [0.25, 0.3) is 0 Å². The molecule has 1 saturated carbocycles. The van der Waals surface area contributed by atoms with Crippen molar-refractivity contribution >= 4 is 12.0 Å². The predicted octanol–water partition coefficient (Wildman–Crippen LogP) is 0.239. The predicted molar refractivity (Wildman–Crippen MR) is 52.4 cm³/mol. The van der Waals surface area contributed by atoms with Gasteiger partial charge in [0.05, 0.1) is 0 Å².